The fourth-order valence-corrected chi connectivity index (χ4v) is 4.45. The van der Waals surface area contributed by atoms with Gasteiger partial charge in [-0.05, 0) is 5.92 Å². The molecule has 1 unspecified atom stereocenters. The van der Waals surface area contributed by atoms with E-state index in [1.54, 1.807) is 0 Å². The molecule has 0 fully saturated rings. The lowest BCUT2D eigenvalue weighted by molar-refractivity contribution is 0.630. The summed E-state index contributed by atoms with van der Waals surface area (Å²) < 4.78 is 0. The zero-order chi connectivity index (χ0) is 8.20. The monoisotopic (exact) mass is 222 g/mol. The Hall–Kier alpha value is 0.697. The second-order valence-corrected chi connectivity index (χ2v) is 10.4. The summed E-state index contributed by atoms with van der Waals surface area (Å²) in [4.78, 5) is 0. The van der Waals surface area contributed by atoms with Gasteiger partial charge in [0.05, 0.1) is 0 Å². The van der Waals surface area contributed by atoms with Gasteiger partial charge in [-0.15, -0.1) is 0 Å². The van der Waals surface area contributed by atoms with Crippen molar-refractivity contribution in [2.45, 2.75) is 39.0 Å². The topological polar surface area (TPSA) is 0 Å². The summed E-state index contributed by atoms with van der Waals surface area (Å²) in [7, 11) is -0.792. The van der Waals surface area contributed by atoms with Gasteiger partial charge in [-0.3, -0.25) is 0 Å². The van der Waals surface area contributed by atoms with Crippen molar-refractivity contribution < 1.29 is 0 Å². The zero-order valence-corrected chi connectivity index (χ0v) is 10.2. The minimum absolute atomic E-state index is 0.792. The number of rotatable bonds is 4. The van der Waals surface area contributed by atoms with E-state index in [1.165, 1.54) is 17.8 Å². The van der Waals surface area contributed by atoms with E-state index in [0.29, 0.717) is 0 Å². The molecule has 0 nitrogen and oxygen atoms in total. The van der Waals surface area contributed by atoms with Crippen LogP contribution in [0.2, 0.25) is 25.7 Å². The van der Waals surface area contributed by atoms with Gasteiger partial charge in [0.1, 0.15) is 0 Å². The van der Waals surface area contributed by atoms with E-state index in [2.05, 4.69) is 42.5 Å². The Morgan fingerprint density at radius 3 is 1.90 bits per heavy atom. The molecular formula is C8H19BrSi. The third kappa shape index (κ3) is 5.48. The molecule has 2 heteroatoms. The van der Waals surface area contributed by atoms with E-state index in [-0.39, 0.29) is 0 Å². The van der Waals surface area contributed by atoms with Gasteiger partial charge in [0.15, 0.2) is 0 Å². The van der Waals surface area contributed by atoms with Crippen LogP contribution in [0.4, 0.5) is 0 Å². The first-order valence-electron chi connectivity index (χ1n) is 4.05. The molecule has 0 bridgehead atoms. The molecule has 0 spiro atoms. The second kappa shape index (κ2) is 4.55. The van der Waals surface area contributed by atoms with Gasteiger partial charge < -0.3 is 0 Å². The zero-order valence-electron chi connectivity index (χ0n) is 7.58. The Morgan fingerprint density at radius 2 is 1.80 bits per heavy atom. The average molecular weight is 223 g/mol. The third-order valence-corrected chi connectivity index (χ3v) is 4.41. The van der Waals surface area contributed by atoms with Crippen molar-refractivity contribution in [3.05, 3.63) is 0 Å². The maximum atomic E-state index is 3.55. The summed E-state index contributed by atoms with van der Waals surface area (Å²) in [6.45, 7) is 9.61. The molecule has 0 radical (unpaired) electrons. The molecule has 0 heterocycles. The molecule has 10 heavy (non-hydrogen) atoms. The smallest absolute Gasteiger partial charge is 0.0445 e. The second-order valence-electron chi connectivity index (χ2n) is 4.19. The minimum Gasteiger partial charge on any atom is -0.0925 e. The lowest BCUT2D eigenvalue weighted by atomic mass is 10.2. The summed E-state index contributed by atoms with van der Waals surface area (Å²) in [6.07, 6.45) is 1.33. The quantitative estimate of drug-likeness (QED) is 0.503. The molecule has 0 rings (SSSR count). The Labute approximate surface area is 74.5 Å². The van der Waals surface area contributed by atoms with Crippen LogP contribution >= 0.6 is 15.9 Å². The predicted molar refractivity (Wildman–Crippen MR) is 55.7 cm³/mol. The van der Waals surface area contributed by atoms with Crippen molar-refractivity contribution in [1.29, 1.82) is 0 Å². The largest absolute Gasteiger partial charge is 0.0925 e. The molecule has 0 N–H and O–H groups in total. The van der Waals surface area contributed by atoms with Gasteiger partial charge in [-0.25, -0.2) is 0 Å². The molecule has 0 aliphatic carbocycles. The van der Waals surface area contributed by atoms with Gasteiger partial charge in [-0.1, -0.05) is 55.0 Å². The van der Waals surface area contributed by atoms with Gasteiger partial charge >= 0.3 is 0 Å². The summed E-state index contributed by atoms with van der Waals surface area (Å²) in [5.41, 5.74) is 0. The minimum atomic E-state index is -0.792. The van der Waals surface area contributed by atoms with Crippen LogP contribution in [0.15, 0.2) is 0 Å². The van der Waals surface area contributed by atoms with Crippen LogP contribution in [0.5, 0.6) is 0 Å². The van der Waals surface area contributed by atoms with Crippen LogP contribution in [-0.2, 0) is 0 Å². The van der Waals surface area contributed by atoms with Crippen molar-refractivity contribution in [3.63, 3.8) is 0 Å². The molecule has 0 aliphatic rings. The summed E-state index contributed by atoms with van der Waals surface area (Å²) in [5, 5.41) is 1.19. The molecule has 0 amide bonds. The average Bonchev–Trinajstić information content (AvgIpc) is 1.81. The highest BCUT2D eigenvalue weighted by atomic mass is 79.9. The SMILES string of the molecule is CCC(CBr)C[Si](C)(C)C. The molecule has 62 valence electrons. The summed E-state index contributed by atoms with van der Waals surface area (Å²) in [5.74, 6) is 0.923. The molecule has 0 aromatic heterocycles. The highest BCUT2D eigenvalue weighted by Crippen LogP contribution is 2.20. The molecule has 0 aliphatic heterocycles. The van der Waals surface area contributed by atoms with Crippen LogP contribution in [0, 0.1) is 5.92 Å². The number of hydrogen-bond donors (Lipinski definition) is 0. The van der Waals surface area contributed by atoms with Crippen molar-refractivity contribution in [1.82, 2.24) is 0 Å². The fourth-order valence-electron chi connectivity index (χ4n) is 1.17. The Morgan fingerprint density at radius 1 is 1.30 bits per heavy atom. The first kappa shape index (κ1) is 10.7. The van der Waals surface area contributed by atoms with E-state index < -0.39 is 8.07 Å². The Kier molecular flexibility index (Phi) is 4.87. The fraction of sp³-hybridized carbons (Fsp3) is 1.00. The van der Waals surface area contributed by atoms with E-state index in [1.807, 2.05) is 0 Å². The van der Waals surface area contributed by atoms with Crippen molar-refractivity contribution in [2.75, 3.05) is 5.33 Å². The number of hydrogen-bond acceptors (Lipinski definition) is 0. The molecule has 0 saturated heterocycles. The maximum Gasteiger partial charge on any atom is 0.0445 e. The first-order valence-corrected chi connectivity index (χ1v) is 8.88. The van der Waals surface area contributed by atoms with Crippen LogP contribution in [-0.4, -0.2) is 13.4 Å². The standard InChI is InChI=1S/C8H19BrSi/c1-5-8(6-9)7-10(2,3)4/h8H,5-7H2,1-4H3. The molecule has 1 atom stereocenters. The van der Waals surface area contributed by atoms with Gasteiger partial charge in [0.2, 0.25) is 0 Å². The number of halogens is 1. The van der Waals surface area contributed by atoms with Crippen LogP contribution in [0.1, 0.15) is 13.3 Å². The normalized spacial score (nSPS) is 15.3. The highest BCUT2D eigenvalue weighted by Gasteiger charge is 2.17. The molecule has 0 aromatic carbocycles. The van der Waals surface area contributed by atoms with E-state index in [4.69, 9.17) is 0 Å². The van der Waals surface area contributed by atoms with E-state index in [9.17, 15) is 0 Å². The Balaban J connectivity index is 3.63. The molecule has 0 saturated carbocycles. The van der Waals surface area contributed by atoms with E-state index >= 15 is 0 Å². The Bertz CT molecular complexity index is 81.7. The lowest BCUT2D eigenvalue weighted by Gasteiger charge is -2.21. The van der Waals surface area contributed by atoms with Gasteiger partial charge in [0, 0.05) is 13.4 Å². The predicted octanol–water partition coefficient (Wildman–Crippen LogP) is 3.75. The van der Waals surface area contributed by atoms with Crippen LogP contribution in [0.25, 0.3) is 0 Å². The maximum absolute atomic E-state index is 3.55. The number of alkyl halides is 1. The van der Waals surface area contributed by atoms with Crippen molar-refractivity contribution in [3.8, 4) is 0 Å². The van der Waals surface area contributed by atoms with Gasteiger partial charge in [0.25, 0.3) is 0 Å². The lowest BCUT2D eigenvalue weighted by Crippen LogP contribution is -2.24. The van der Waals surface area contributed by atoms with Crippen LogP contribution in [0.3, 0.4) is 0 Å². The van der Waals surface area contributed by atoms with Gasteiger partial charge in [-0.2, -0.15) is 0 Å². The highest BCUT2D eigenvalue weighted by molar-refractivity contribution is 9.09. The van der Waals surface area contributed by atoms with Crippen LogP contribution < -0.4 is 0 Å². The third-order valence-electron chi connectivity index (χ3n) is 1.70. The molecule has 0 aromatic rings. The summed E-state index contributed by atoms with van der Waals surface area (Å²) >= 11 is 3.55. The van der Waals surface area contributed by atoms with Crippen molar-refractivity contribution in [2.24, 2.45) is 5.92 Å². The first-order chi connectivity index (χ1) is 4.49. The van der Waals surface area contributed by atoms with E-state index in [0.717, 1.165) is 5.92 Å². The molecular weight excluding hydrogens is 204 g/mol. The van der Waals surface area contributed by atoms with Crippen molar-refractivity contribution >= 4 is 24.0 Å². The summed E-state index contributed by atoms with van der Waals surface area (Å²) in [6, 6.07) is 1.47.